The van der Waals surface area contributed by atoms with Crippen LogP contribution in [0.15, 0.2) is 0 Å². The highest BCUT2D eigenvalue weighted by Crippen LogP contribution is 2.24. The second-order valence-electron chi connectivity index (χ2n) is 3.61. The molecule has 1 heterocycles. The van der Waals surface area contributed by atoms with Crippen LogP contribution < -0.4 is 0 Å². The molecule has 0 amide bonds. The maximum Gasteiger partial charge on any atom is 0.335 e. The molecule has 4 heteroatoms. The third-order valence-electron chi connectivity index (χ3n) is 2.27. The van der Waals surface area contributed by atoms with Crippen molar-refractivity contribution >= 4 is 8.56 Å². The number of ether oxygens (including phenoxy) is 1. The van der Waals surface area contributed by atoms with Crippen LogP contribution in [0.25, 0.3) is 0 Å². The first kappa shape index (κ1) is 11.2. The Bertz CT molecular complexity index is 142. The number of rotatable bonds is 6. The normalized spacial score (nSPS) is 18.7. The van der Waals surface area contributed by atoms with Gasteiger partial charge in [0.2, 0.25) is 0 Å². The van der Waals surface area contributed by atoms with Crippen LogP contribution in [0.1, 0.15) is 13.8 Å². The molecule has 3 nitrogen and oxygen atoms in total. The van der Waals surface area contributed by atoms with E-state index in [4.69, 9.17) is 13.6 Å². The van der Waals surface area contributed by atoms with Crippen LogP contribution in [0.5, 0.6) is 0 Å². The molecule has 0 unspecified atom stereocenters. The smallest absolute Gasteiger partial charge is 0.335 e. The van der Waals surface area contributed by atoms with Crippen molar-refractivity contribution in [3.63, 3.8) is 0 Å². The first-order chi connectivity index (χ1) is 6.20. The Morgan fingerprint density at radius 3 is 2.08 bits per heavy atom. The molecule has 0 spiro atoms. The Hall–Kier alpha value is 0.0969. The van der Waals surface area contributed by atoms with Crippen LogP contribution in [0.3, 0.4) is 0 Å². The van der Waals surface area contributed by atoms with Crippen molar-refractivity contribution < 1.29 is 13.6 Å². The maximum atomic E-state index is 5.74. The van der Waals surface area contributed by atoms with Gasteiger partial charge in [0, 0.05) is 19.1 Å². The molecule has 0 aromatic heterocycles. The maximum absolute atomic E-state index is 5.74. The summed E-state index contributed by atoms with van der Waals surface area (Å²) < 4.78 is 16.6. The van der Waals surface area contributed by atoms with Gasteiger partial charge in [0.25, 0.3) is 0 Å². The van der Waals surface area contributed by atoms with Crippen molar-refractivity contribution in [2.45, 2.75) is 26.4 Å². The van der Waals surface area contributed by atoms with Gasteiger partial charge in [-0.15, -0.1) is 0 Å². The minimum atomic E-state index is -1.86. The van der Waals surface area contributed by atoms with Gasteiger partial charge in [0.15, 0.2) is 0 Å². The molecule has 1 rings (SSSR count). The Labute approximate surface area is 81.6 Å². The highest BCUT2D eigenvalue weighted by Gasteiger charge is 2.36. The zero-order chi connectivity index (χ0) is 9.73. The van der Waals surface area contributed by atoms with E-state index in [1.807, 2.05) is 13.8 Å². The predicted octanol–water partition coefficient (Wildman–Crippen LogP) is 1.78. The van der Waals surface area contributed by atoms with Crippen LogP contribution in [0.4, 0.5) is 0 Å². The van der Waals surface area contributed by atoms with E-state index in [1.54, 1.807) is 0 Å². The van der Waals surface area contributed by atoms with Gasteiger partial charge in [-0.05, 0) is 26.4 Å². The van der Waals surface area contributed by atoms with Crippen LogP contribution in [0, 0.1) is 5.92 Å². The minimum Gasteiger partial charge on any atom is -0.395 e. The highest BCUT2D eigenvalue weighted by molar-refractivity contribution is 6.66. The molecule has 0 bridgehead atoms. The van der Waals surface area contributed by atoms with Crippen molar-refractivity contribution in [2.24, 2.45) is 5.92 Å². The second kappa shape index (κ2) is 5.10. The lowest BCUT2D eigenvalue weighted by Crippen LogP contribution is -2.44. The third-order valence-corrected chi connectivity index (χ3v) is 5.38. The van der Waals surface area contributed by atoms with E-state index in [2.05, 4.69) is 6.55 Å². The van der Waals surface area contributed by atoms with Crippen molar-refractivity contribution in [3.8, 4) is 0 Å². The Kier molecular flexibility index (Phi) is 4.38. The Morgan fingerprint density at radius 2 is 1.77 bits per heavy atom. The van der Waals surface area contributed by atoms with E-state index in [0.29, 0.717) is 5.92 Å². The van der Waals surface area contributed by atoms with Gasteiger partial charge in [0.05, 0.1) is 13.2 Å². The van der Waals surface area contributed by atoms with Crippen LogP contribution in [-0.2, 0) is 13.6 Å². The van der Waals surface area contributed by atoms with Gasteiger partial charge in [-0.25, -0.2) is 0 Å². The zero-order valence-electron chi connectivity index (χ0n) is 8.84. The molecule has 0 aromatic carbocycles. The SMILES string of the molecule is CCO[Si](C)(CC1COC1)OCC. The van der Waals surface area contributed by atoms with Gasteiger partial charge in [-0.2, -0.15) is 0 Å². The molecular formula is C9H20O3Si. The summed E-state index contributed by atoms with van der Waals surface area (Å²) in [5.41, 5.74) is 0. The van der Waals surface area contributed by atoms with Gasteiger partial charge < -0.3 is 13.6 Å². The third kappa shape index (κ3) is 3.38. The Morgan fingerprint density at radius 1 is 1.23 bits per heavy atom. The molecule has 0 saturated carbocycles. The molecule has 0 aliphatic carbocycles. The number of hydrogen-bond acceptors (Lipinski definition) is 3. The van der Waals surface area contributed by atoms with Crippen molar-refractivity contribution in [2.75, 3.05) is 26.4 Å². The van der Waals surface area contributed by atoms with Gasteiger partial charge in [-0.3, -0.25) is 0 Å². The van der Waals surface area contributed by atoms with Gasteiger partial charge in [0.1, 0.15) is 0 Å². The minimum absolute atomic E-state index is 0.676. The standard InChI is InChI=1S/C9H20O3Si/c1-4-11-13(3,12-5-2)8-9-6-10-7-9/h9H,4-8H2,1-3H3. The summed E-state index contributed by atoms with van der Waals surface area (Å²) in [6, 6.07) is 1.08. The van der Waals surface area contributed by atoms with E-state index in [1.165, 1.54) is 0 Å². The summed E-state index contributed by atoms with van der Waals surface area (Å²) >= 11 is 0. The van der Waals surface area contributed by atoms with E-state index in [-0.39, 0.29) is 0 Å². The fourth-order valence-electron chi connectivity index (χ4n) is 1.70. The quantitative estimate of drug-likeness (QED) is 0.617. The van der Waals surface area contributed by atoms with E-state index in [0.717, 1.165) is 32.5 Å². The van der Waals surface area contributed by atoms with Crippen molar-refractivity contribution in [1.29, 1.82) is 0 Å². The molecular weight excluding hydrogens is 184 g/mol. The number of hydrogen-bond donors (Lipinski definition) is 0. The lowest BCUT2D eigenvalue weighted by atomic mass is 10.1. The molecule has 1 aliphatic heterocycles. The van der Waals surface area contributed by atoms with Crippen LogP contribution in [-0.4, -0.2) is 35.0 Å². The molecule has 13 heavy (non-hydrogen) atoms. The van der Waals surface area contributed by atoms with E-state index >= 15 is 0 Å². The zero-order valence-corrected chi connectivity index (χ0v) is 9.84. The molecule has 1 fully saturated rings. The summed E-state index contributed by atoms with van der Waals surface area (Å²) in [6.07, 6.45) is 0. The van der Waals surface area contributed by atoms with Gasteiger partial charge >= 0.3 is 8.56 Å². The van der Waals surface area contributed by atoms with Crippen molar-refractivity contribution in [1.82, 2.24) is 0 Å². The van der Waals surface area contributed by atoms with E-state index in [9.17, 15) is 0 Å². The fraction of sp³-hybridized carbons (Fsp3) is 1.00. The second-order valence-corrected chi connectivity index (χ2v) is 6.86. The summed E-state index contributed by atoms with van der Waals surface area (Å²) in [7, 11) is -1.86. The largest absolute Gasteiger partial charge is 0.395 e. The van der Waals surface area contributed by atoms with E-state index < -0.39 is 8.56 Å². The average molecular weight is 204 g/mol. The summed E-state index contributed by atoms with van der Waals surface area (Å²) in [4.78, 5) is 0. The predicted molar refractivity (Wildman–Crippen MR) is 54.0 cm³/mol. The van der Waals surface area contributed by atoms with Crippen molar-refractivity contribution in [3.05, 3.63) is 0 Å². The van der Waals surface area contributed by atoms with Crippen LogP contribution >= 0.6 is 0 Å². The first-order valence-corrected chi connectivity index (χ1v) is 7.58. The molecule has 0 N–H and O–H groups in total. The molecule has 0 atom stereocenters. The Balaban J connectivity index is 2.34. The highest BCUT2D eigenvalue weighted by atomic mass is 28.4. The summed E-state index contributed by atoms with van der Waals surface area (Å²) in [6.45, 7) is 9.51. The van der Waals surface area contributed by atoms with Crippen LogP contribution in [0.2, 0.25) is 12.6 Å². The molecule has 1 aliphatic rings. The summed E-state index contributed by atoms with van der Waals surface area (Å²) in [5, 5.41) is 0. The molecule has 78 valence electrons. The topological polar surface area (TPSA) is 27.7 Å². The lowest BCUT2D eigenvalue weighted by molar-refractivity contribution is -0.0273. The molecule has 1 saturated heterocycles. The average Bonchev–Trinajstić information content (AvgIpc) is 1.98. The monoisotopic (exact) mass is 204 g/mol. The lowest BCUT2D eigenvalue weighted by Gasteiger charge is -2.33. The fourth-order valence-corrected chi connectivity index (χ4v) is 4.52. The molecule has 0 aromatic rings. The summed E-state index contributed by atoms with van der Waals surface area (Å²) in [5.74, 6) is 0.676. The van der Waals surface area contributed by atoms with Gasteiger partial charge in [-0.1, -0.05) is 0 Å². The first-order valence-electron chi connectivity index (χ1n) is 5.06. The molecule has 0 radical (unpaired) electrons.